The van der Waals surface area contributed by atoms with Gasteiger partial charge in [0.15, 0.2) is 11.5 Å². The Labute approximate surface area is 99.7 Å². The lowest BCUT2D eigenvalue weighted by molar-refractivity contribution is 0.318. The van der Waals surface area contributed by atoms with Crippen molar-refractivity contribution in [3.8, 4) is 11.5 Å². The molecule has 14 heavy (non-hydrogen) atoms. The molecule has 0 saturated carbocycles. The monoisotopic (exact) mass is 320 g/mol. The van der Waals surface area contributed by atoms with Crippen LogP contribution in [-0.4, -0.2) is 11.7 Å². The fraction of sp³-hybridized carbons (Fsp3) is 0.200. The maximum absolute atomic E-state index is 9.82. The summed E-state index contributed by atoms with van der Waals surface area (Å²) in [5.41, 5.74) is 0. The van der Waals surface area contributed by atoms with Crippen LogP contribution in [-0.2, 0) is 0 Å². The number of benzene rings is 1. The molecule has 74 valence electrons. The highest BCUT2D eigenvalue weighted by atomic mass is 127. The number of ether oxygens (including phenoxy) is 1. The van der Waals surface area contributed by atoms with Crippen LogP contribution in [0, 0.1) is 3.57 Å². The first-order valence-corrected chi connectivity index (χ1v) is 6.21. The third-order valence-electron chi connectivity index (χ3n) is 1.92. The zero-order valence-electron chi connectivity index (χ0n) is 7.58. The Morgan fingerprint density at radius 1 is 1.57 bits per heavy atom. The van der Waals surface area contributed by atoms with E-state index < -0.39 is 0 Å². The van der Waals surface area contributed by atoms with Gasteiger partial charge in [0.25, 0.3) is 0 Å². The molecule has 2 aromatic rings. The van der Waals surface area contributed by atoms with Crippen LogP contribution in [0.25, 0.3) is 10.1 Å². The topological polar surface area (TPSA) is 29.5 Å². The highest BCUT2D eigenvalue weighted by Crippen LogP contribution is 2.39. The van der Waals surface area contributed by atoms with Gasteiger partial charge in [-0.1, -0.05) is 0 Å². The van der Waals surface area contributed by atoms with Crippen LogP contribution in [0.15, 0.2) is 17.5 Å². The largest absolute Gasteiger partial charge is 0.503 e. The molecule has 0 bridgehead atoms. The zero-order valence-corrected chi connectivity index (χ0v) is 10.6. The molecule has 0 fully saturated rings. The van der Waals surface area contributed by atoms with Gasteiger partial charge in [-0.05, 0) is 52.4 Å². The Hall–Kier alpha value is -0.490. The molecule has 1 N–H and O–H groups in total. The molecular formula is C10H9IO2S. The molecule has 4 heteroatoms. The summed E-state index contributed by atoms with van der Waals surface area (Å²) in [5.74, 6) is 0.824. The van der Waals surface area contributed by atoms with Gasteiger partial charge in [-0.25, -0.2) is 0 Å². The third kappa shape index (κ3) is 1.56. The second-order valence-electron chi connectivity index (χ2n) is 2.81. The number of thiophene rings is 1. The van der Waals surface area contributed by atoms with Crippen molar-refractivity contribution in [2.45, 2.75) is 6.92 Å². The second kappa shape index (κ2) is 3.94. The first-order chi connectivity index (χ1) is 6.74. The van der Waals surface area contributed by atoms with Gasteiger partial charge >= 0.3 is 0 Å². The average molecular weight is 320 g/mol. The standard InChI is InChI=1S/C10H9IO2S/c1-2-13-7-5-6-3-4-14-10(6)8(11)9(7)12/h3-5,12H,2H2,1H3. The fourth-order valence-corrected chi connectivity index (χ4v) is 3.07. The first kappa shape index (κ1) is 10.0. The van der Waals surface area contributed by atoms with Crippen LogP contribution < -0.4 is 4.74 Å². The normalized spacial score (nSPS) is 10.7. The number of phenols is 1. The van der Waals surface area contributed by atoms with Crippen molar-refractivity contribution in [3.63, 3.8) is 0 Å². The minimum absolute atomic E-state index is 0.252. The van der Waals surface area contributed by atoms with Crippen LogP contribution in [0.5, 0.6) is 11.5 Å². The van der Waals surface area contributed by atoms with E-state index in [1.54, 1.807) is 11.3 Å². The van der Waals surface area contributed by atoms with Crippen molar-refractivity contribution in [3.05, 3.63) is 21.1 Å². The molecule has 1 aromatic heterocycles. The number of phenolic OH excluding ortho intramolecular Hbond substituents is 1. The second-order valence-corrected chi connectivity index (χ2v) is 4.80. The molecule has 1 heterocycles. The molecule has 0 aliphatic rings. The van der Waals surface area contributed by atoms with Gasteiger partial charge in [0.1, 0.15) is 0 Å². The van der Waals surface area contributed by atoms with Crippen LogP contribution in [0.4, 0.5) is 0 Å². The SMILES string of the molecule is CCOc1cc2ccsc2c(I)c1O. The molecule has 0 aliphatic carbocycles. The number of rotatable bonds is 2. The molecule has 0 spiro atoms. The lowest BCUT2D eigenvalue weighted by Crippen LogP contribution is -1.92. The van der Waals surface area contributed by atoms with Crippen LogP contribution in [0.3, 0.4) is 0 Å². The number of hydrogen-bond donors (Lipinski definition) is 1. The number of hydrogen-bond acceptors (Lipinski definition) is 3. The van der Waals surface area contributed by atoms with E-state index in [0.717, 1.165) is 13.7 Å². The van der Waals surface area contributed by atoms with E-state index in [9.17, 15) is 5.11 Å². The average Bonchev–Trinajstić information content (AvgIpc) is 2.62. The van der Waals surface area contributed by atoms with Crippen LogP contribution in [0.1, 0.15) is 6.92 Å². The van der Waals surface area contributed by atoms with E-state index in [2.05, 4.69) is 22.6 Å². The van der Waals surface area contributed by atoms with Crippen molar-refractivity contribution < 1.29 is 9.84 Å². The van der Waals surface area contributed by atoms with Crippen LogP contribution in [0.2, 0.25) is 0 Å². The van der Waals surface area contributed by atoms with Crippen molar-refractivity contribution in [1.29, 1.82) is 0 Å². The van der Waals surface area contributed by atoms with Crippen molar-refractivity contribution in [1.82, 2.24) is 0 Å². The summed E-state index contributed by atoms with van der Waals surface area (Å²) in [5, 5.41) is 13.0. The quantitative estimate of drug-likeness (QED) is 0.857. The van der Waals surface area contributed by atoms with Crippen molar-refractivity contribution in [2.75, 3.05) is 6.61 Å². The molecule has 0 aliphatic heterocycles. The predicted octanol–water partition coefficient (Wildman–Crippen LogP) is 3.61. The number of fused-ring (bicyclic) bond motifs is 1. The minimum Gasteiger partial charge on any atom is -0.503 e. The van der Waals surface area contributed by atoms with Gasteiger partial charge in [-0.2, -0.15) is 0 Å². The lowest BCUT2D eigenvalue weighted by Gasteiger charge is -2.07. The smallest absolute Gasteiger partial charge is 0.172 e. The third-order valence-corrected chi connectivity index (χ3v) is 4.29. The molecule has 0 saturated heterocycles. The van der Waals surface area contributed by atoms with Crippen molar-refractivity contribution in [2.24, 2.45) is 0 Å². The molecule has 0 unspecified atom stereocenters. The number of aromatic hydroxyl groups is 1. The Kier molecular flexibility index (Phi) is 2.83. The summed E-state index contributed by atoms with van der Waals surface area (Å²) >= 11 is 3.78. The molecule has 2 rings (SSSR count). The van der Waals surface area contributed by atoms with E-state index in [1.165, 1.54) is 0 Å². The van der Waals surface area contributed by atoms with Gasteiger partial charge in [0, 0.05) is 0 Å². The van der Waals surface area contributed by atoms with Crippen molar-refractivity contribution >= 4 is 44.0 Å². The Morgan fingerprint density at radius 3 is 3.07 bits per heavy atom. The molecule has 0 radical (unpaired) electrons. The molecular weight excluding hydrogens is 311 g/mol. The van der Waals surface area contributed by atoms with Gasteiger partial charge in [0.2, 0.25) is 0 Å². The summed E-state index contributed by atoms with van der Waals surface area (Å²) < 4.78 is 7.34. The fourth-order valence-electron chi connectivity index (χ4n) is 1.30. The zero-order chi connectivity index (χ0) is 10.1. The molecule has 0 amide bonds. The van der Waals surface area contributed by atoms with Gasteiger partial charge < -0.3 is 9.84 Å². The Bertz CT molecular complexity index is 464. The predicted molar refractivity (Wildman–Crippen MR) is 67.4 cm³/mol. The summed E-state index contributed by atoms with van der Waals surface area (Å²) in [4.78, 5) is 0. The van der Waals surface area contributed by atoms with Crippen LogP contribution >= 0.6 is 33.9 Å². The Balaban J connectivity index is 2.67. The summed E-state index contributed by atoms with van der Waals surface area (Å²) in [6.45, 7) is 2.48. The van der Waals surface area contributed by atoms with Gasteiger partial charge in [-0.3, -0.25) is 0 Å². The maximum Gasteiger partial charge on any atom is 0.172 e. The number of halogens is 1. The van der Waals surface area contributed by atoms with E-state index in [4.69, 9.17) is 4.74 Å². The summed E-state index contributed by atoms with van der Waals surface area (Å²) in [7, 11) is 0. The lowest BCUT2D eigenvalue weighted by atomic mass is 10.2. The molecule has 2 nitrogen and oxygen atoms in total. The first-order valence-electron chi connectivity index (χ1n) is 4.25. The molecule has 0 atom stereocenters. The summed E-state index contributed by atoms with van der Waals surface area (Å²) in [6, 6.07) is 3.91. The highest BCUT2D eigenvalue weighted by molar-refractivity contribution is 14.1. The Morgan fingerprint density at radius 2 is 2.36 bits per heavy atom. The maximum atomic E-state index is 9.82. The van der Waals surface area contributed by atoms with E-state index in [1.807, 2.05) is 24.4 Å². The van der Waals surface area contributed by atoms with E-state index in [0.29, 0.717) is 12.4 Å². The van der Waals surface area contributed by atoms with Gasteiger partial charge in [-0.15, -0.1) is 11.3 Å². The summed E-state index contributed by atoms with van der Waals surface area (Å²) in [6.07, 6.45) is 0. The van der Waals surface area contributed by atoms with E-state index >= 15 is 0 Å². The molecule has 1 aromatic carbocycles. The van der Waals surface area contributed by atoms with Gasteiger partial charge in [0.05, 0.1) is 14.9 Å². The highest BCUT2D eigenvalue weighted by Gasteiger charge is 2.11. The minimum atomic E-state index is 0.252. The van der Waals surface area contributed by atoms with E-state index in [-0.39, 0.29) is 5.75 Å².